The van der Waals surface area contributed by atoms with Gasteiger partial charge in [0.25, 0.3) is 5.91 Å². The summed E-state index contributed by atoms with van der Waals surface area (Å²) in [5.74, 6) is 0.0924. The number of ether oxygens (including phenoxy) is 1. The number of nitrogens with one attached hydrogen (secondary N) is 1. The number of thioether (sulfide) groups is 1. The van der Waals surface area contributed by atoms with Crippen LogP contribution in [-0.2, 0) is 22.7 Å². The highest BCUT2D eigenvalue weighted by molar-refractivity contribution is 7.98. The van der Waals surface area contributed by atoms with Gasteiger partial charge in [0.1, 0.15) is 30.0 Å². The van der Waals surface area contributed by atoms with Crippen LogP contribution < -0.4 is 5.32 Å². The minimum absolute atomic E-state index is 0.235. The lowest BCUT2D eigenvalue weighted by molar-refractivity contribution is -0.139. The molecule has 1 heterocycles. The third-order valence-electron chi connectivity index (χ3n) is 6.28. The van der Waals surface area contributed by atoms with Gasteiger partial charge in [-0.1, -0.05) is 30.3 Å². The van der Waals surface area contributed by atoms with E-state index in [9.17, 15) is 19.1 Å². The van der Waals surface area contributed by atoms with Gasteiger partial charge in [-0.25, -0.2) is 9.18 Å². The van der Waals surface area contributed by atoms with Crippen LogP contribution in [0.15, 0.2) is 83.3 Å². The Morgan fingerprint density at radius 1 is 1.00 bits per heavy atom. The normalized spacial score (nSPS) is 11.8. The molecule has 2 N–H and O–H groups in total. The highest BCUT2D eigenvalue weighted by Crippen LogP contribution is 2.29. The molecule has 1 amide bonds. The Hall–Kier alpha value is -3.88. The quantitative estimate of drug-likeness (QED) is 0.205. The molecule has 1 unspecified atom stereocenters. The molecule has 0 saturated heterocycles. The monoisotopic (exact) mass is 547 g/mol. The number of aliphatic carboxylic acids is 1. The maximum absolute atomic E-state index is 13.2. The van der Waals surface area contributed by atoms with E-state index in [0.717, 1.165) is 22.3 Å². The molecule has 1 atom stereocenters. The number of hydrogen-bond acceptors (Lipinski definition) is 5. The van der Waals surface area contributed by atoms with Gasteiger partial charge in [0.05, 0.1) is 6.61 Å². The molecular weight excluding hydrogens is 517 g/mol. The number of furan rings is 1. The lowest BCUT2D eigenvalue weighted by atomic mass is 9.93. The fourth-order valence-electron chi connectivity index (χ4n) is 4.20. The van der Waals surface area contributed by atoms with Crippen LogP contribution in [0, 0.1) is 12.7 Å². The van der Waals surface area contributed by atoms with Crippen molar-refractivity contribution >= 4 is 23.6 Å². The van der Waals surface area contributed by atoms with Crippen molar-refractivity contribution in [2.45, 2.75) is 32.6 Å². The first-order chi connectivity index (χ1) is 18.9. The zero-order valence-corrected chi connectivity index (χ0v) is 22.6. The van der Waals surface area contributed by atoms with Crippen molar-refractivity contribution in [3.8, 4) is 22.5 Å². The van der Waals surface area contributed by atoms with Gasteiger partial charge in [0.15, 0.2) is 0 Å². The van der Waals surface area contributed by atoms with Crippen LogP contribution in [0.5, 0.6) is 0 Å². The van der Waals surface area contributed by atoms with Crippen LogP contribution in [0.4, 0.5) is 4.39 Å². The highest BCUT2D eigenvalue weighted by atomic mass is 32.2. The number of carboxylic acid groups (broad SMARTS) is 1. The maximum Gasteiger partial charge on any atom is 0.326 e. The molecule has 0 aliphatic rings. The first-order valence-electron chi connectivity index (χ1n) is 12.5. The Morgan fingerprint density at radius 2 is 1.77 bits per heavy atom. The minimum Gasteiger partial charge on any atom is -0.480 e. The Morgan fingerprint density at radius 3 is 2.49 bits per heavy atom. The van der Waals surface area contributed by atoms with Gasteiger partial charge in [-0.15, -0.1) is 0 Å². The summed E-state index contributed by atoms with van der Waals surface area (Å²) < 4.78 is 24.9. The molecule has 0 spiro atoms. The molecule has 0 radical (unpaired) electrons. The summed E-state index contributed by atoms with van der Waals surface area (Å²) in [7, 11) is 0. The summed E-state index contributed by atoms with van der Waals surface area (Å²) in [5.41, 5.74) is 4.61. The number of carbonyl (C=O) groups excluding carboxylic acids is 1. The summed E-state index contributed by atoms with van der Waals surface area (Å²) in [6.07, 6.45) is 2.23. The van der Waals surface area contributed by atoms with Gasteiger partial charge < -0.3 is 19.6 Å². The van der Waals surface area contributed by atoms with Gasteiger partial charge in [-0.05, 0) is 96.1 Å². The van der Waals surface area contributed by atoms with Crippen molar-refractivity contribution < 1.29 is 28.2 Å². The van der Waals surface area contributed by atoms with E-state index >= 15 is 0 Å². The zero-order chi connectivity index (χ0) is 27.8. The molecule has 0 aliphatic heterocycles. The molecule has 1 aromatic heterocycles. The number of aryl methyl sites for hydroxylation is 1. The molecule has 3 aromatic carbocycles. The number of amides is 1. The van der Waals surface area contributed by atoms with E-state index in [0.29, 0.717) is 34.8 Å². The van der Waals surface area contributed by atoms with Gasteiger partial charge >= 0.3 is 5.97 Å². The Balaban J connectivity index is 1.50. The minimum atomic E-state index is -1.06. The molecule has 0 fully saturated rings. The number of carboxylic acids is 1. The summed E-state index contributed by atoms with van der Waals surface area (Å²) in [6.45, 7) is 2.48. The van der Waals surface area contributed by atoms with Gasteiger partial charge in [-0.3, -0.25) is 4.79 Å². The van der Waals surface area contributed by atoms with Crippen LogP contribution >= 0.6 is 11.8 Å². The largest absolute Gasteiger partial charge is 0.480 e. The smallest absolute Gasteiger partial charge is 0.326 e. The van der Waals surface area contributed by atoms with Crippen LogP contribution in [0.1, 0.15) is 33.7 Å². The Bertz CT molecular complexity index is 1430. The number of rotatable bonds is 12. The fourth-order valence-corrected chi connectivity index (χ4v) is 4.67. The summed E-state index contributed by atoms with van der Waals surface area (Å²) in [4.78, 5) is 24.9. The average molecular weight is 548 g/mol. The van der Waals surface area contributed by atoms with Gasteiger partial charge in [0, 0.05) is 11.1 Å². The second-order valence-corrected chi connectivity index (χ2v) is 10.1. The van der Waals surface area contributed by atoms with Crippen LogP contribution in [0.2, 0.25) is 0 Å². The van der Waals surface area contributed by atoms with Crippen molar-refractivity contribution in [2.24, 2.45) is 0 Å². The topological polar surface area (TPSA) is 88.8 Å². The van der Waals surface area contributed by atoms with E-state index in [1.54, 1.807) is 24.3 Å². The van der Waals surface area contributed by atoms with Crippen molar-refractivity contribution in [1.29, 1.82) is 0 Å². The van der Waals surface area contributed by atoms with Crippen LogP contribution in [-0.4, -0.2) is 35.0 Å². The first-order valence-corrected chi connectivity index (χ1v) is 13.9. The highest BCUT2D eigenvalue weighted by Gasteiger charge is 2.22. The van der Waals surface area contributed by atoms with Gasteiger partial charge in [-0.2, -0.15) is 11.8 Å². The van der Waals surface area contributed by atoms with E-state index in [2.05, 4.69) is 5.32 Å². The summed E-state index contributed by atoms with van der Waals surface area (Å²) >= 11 is 1.53. The number of halogens is 1. The summed E-state index contributed by atoms with van der Waals surface area (Å²) in [6, 6.07) is 21.9. The molecule has 0 saturated carbocycles. The fraction of sp³-hybridized carbons (Fsp3) is 0.226. The molecule has 202 valence electrons. The molecular formula is C31H30FNO5S. The molecule has 4 rings (SSSR count). The Kier molecular flexibility index (Phi) is 9.57. The van der Waals surface area contributed by atoms with Crippen LogP contribution in [0.25, 0.3) is 22.5 Å². The molecule has 8 heteroatoms. The standard InChI is InChI=1S/C31H30FNO5S/c1-20-5-3-4-6-25(20)27-17-21(7-13-26(27)30(34)33-28(31(35)36)15-16-39-2)18-37-19-24-12-14-29(38-24)22-8-10-23(32)11-9-22/h3-14,17,28H,15-16,18-19H2,1-2H3,(H,33,34)(H,35,36). The molecule has 39 heavy (non-hydrogen) atoms. The zero-order valence-electron chi connectivity index (χ0n) is 21.8. The Labute approximate surface area is 231 Å². The number of benzene rings is 3. The molecule has 0 bridgehead atoms. The SMILES string of the molecule is CSCCC(NC(=O)c1ccc(COCc2ccc(-c3ccc(F)cc3)o2)cc1-c1ccccc1C)C(=O)O. The predicted octanol–water partition coefficient (Wildman–Crippen LogP) is 6.71. The van der Waals surface area contributed by atoms with Gasteiger partial charge in [0.2, 0.25) is 0 Å². The van der Waals surface area contributed by atoms with E-state index in [4.69, 9.17) is 9.15 Å². The number of hydrogen-bond donors (Lipinski definition) is 2. The predicted molar refractivity (Wildman–Crippen MR) is 151 cm³/mol. The molecule has 0 aliphatic carbocycles. The lowest BCUT2D eigenvalue weighted by Gasteiger charge is -2.17. The average Bonchev–Trinajstić information content (AvgIpc) is 3.40. The van der Waals surface area contributed by atoms with Crippen molar-refractivity contribution in [3.05, 3.63) is 107 Å². The van der Waals surface area contributed by atoms with E-state index in [-0.39, 0.29) is 19.0 Å². The lowest BCUT2D eigenvalue weighted by Crippen LogP contribution is -2.41. The van der Waals surface area contributed by atoms with Crippen molar-refractivity contribution in [3.63, 3.8) is 0 Å². The molecule has 6 nitrogen and oxygen atoms in total. The maximum atomic E-state index is 13.2. The second kappa shape index (κ2) is 13.3. The first kappa shape index (κ1) is 28.1. The third kappa shape index (κ3) is 7.37. The van der Waals surface area contributed by atoms with Crippen molar-refractivity contribution in [2.75, 3.05) is 12.0 Å². The second-order valence-electron chi connectivity index (χ2n) is 9.11. The summed E-state index contributed by atoms with van der Waals surface area (Å²) in [5, 5.41) is 12.3. The third-order valence-corrected chi connectivity index (χ3v) is 6.93. The van der Waals surface area contributed by atoms with E-state index < -0.39 is 17.9 Å². The van der Waals surface area contributed by atoms with Crippen molar-refractivity contribution in [1.82, 2.24) is 5.32 Å². The number of carbonyl (C=O) groups is 2. The van der Waals surface area contributed by atoms with E-state index in [1.807, 2.05) is 55.6 Å². The van der Waals surface area contributed by atoms with Crippen LogP contribution in [0.3, 0.4) is 0 Å². The van der Waals surface area contributed by atoms with E-state index in [1.165, 1.54) is 23.9 Å². The molecule has 4 aromatic rings.